The molecule has 2 aliphatic carbocycles. The first kappa shape index (κ1) is 22.9. The van der Waals surface area contributed by atoms with Gasteiger partial charge in [-0.25, -0.2) is 0 Å². The zero-order valence-electron chi connectivity index (χ0n) is 19.7. The summed E-state index contributed by atoms with van der Waals surface area (Å²) in [5.74, 6) is 3.11. The molecule has 2 aromatic rings. The predicted octanol–water partition coefficient (Wildman–Crippen LogP) is 5.58. The number of thiocarbonyl (C=S) groups is 1. The molecule has 6 nitrogen and oxygen atoms in total. The number of rotatable bonds is 5. The Morgan fingerprint density at radius 2 is 2.00 bits per heavy atom. The molecule has 3 atom stereocenters. The molecular weight excluding hydrogens is 480 g/mol. The second kappa shape index (κ2) is 9.13. The van der Waals surface area contributed by atoms with Gasteiger partial charge in [0.2, 0.25) is 0 Å². The number of furan rings is 1. The lowest BCUT2D eigenvalue weighted by Gasteiger charge is -2.30. The van der Waals surface area contributed by atoms with Crippen LogP contribution in [0.15, 0.2) is 39.7 Å². The van der Waals surface area contributed by atoms with Gasteiger partial charge in [-0.3, -0.25) is 14.5 Å². The number of fused-ring (bicyclic) bond motifs is 2. The van der Waals surface area contributed by atoms with Gasteiger partial charge in [-0.2, -0.15) is 0 Å². The summed E-state index contributed by atoms with van der Waals surface area (Å²) in [5, 5.41) is 0. The number of amides is 2. The van der Waals surface area contributed by atoms with Crippen LogP contribution >= 0.6 is 24.0 Å². The lowest BCUT2D eigenvalue weighted by molar-refractivity contribution is -0.124. The Balaban J connectivity index is 1.23. The van der Waals surface area contributed by atoms with Crippen LogP contribution in [0.2, 0.25) is 0 Å². The SMILES string of the molecule is COc1ccc(-c2ccc(/C=C3\SC(=S)N(C4CC5CCC4C5)C3=O)o2)cc1C(=O)N1CCCC1. The van der Waals surface area contributed by atoms with Gasteiger partial charge in [-0.1, -0.05) is 30.4 Å². The first-order valence-electron chi connectivity index (χ1n) is 12.4. The monoisotopic (exact) mass is 508 g/mol. The Bertz CT molecular complexity index is 1230. The van der Waals surface area contributed by atoms with Crippen LogP contribution in [0.1, 0.15) is 54.6 Å². The van der Waals surface area contributed by atoms with E-state index < -0.39 is 0 Å². The lowest BCUT2D eigenvalue weighted by atomic mass is 9.94. The van der Waals surface area contributed by atoms with Crippen LogP contribution in [0.3, 0.4) is 0 Å². The highest BCUT2D eigenvalue weighted by atomic mass is 32.2. The van der Waals surface area contributed by atoms with Crippen LogP contribution in [0.5, 0.6) is 5.75 Å². The van der Waals surface area contributed by atoms with Crippen molar-refractivity contribution in [2.75, 3.05) is 20.2 Å². The van der Waals surface area contributed by atoms with Crippen molar-refractivity contribution in [2.45, 2.75) is 44.6 Å². The molecule has 2 amide bonds. The minimum atomic E-state index is -0.0164. The Hall–Kier alpha value is -2.58. The van der Waals surface area contributed by atoms with Gasteiger partial charge in [-0.05, 0) is 74.3 Å². The zero-order valence-corrected chi connectivity index (χ0v) is 21.3. The van der Waals surface area contributed by atoms with Crippen molar-refractivity contribution in [1.82, 2.24) is 9.80 Å². The first-order chi connectivity index (χ1) is 17.0. The molecule has 4 fully saturated rings. The van der Waals surface area contributed by atoms with Gasteiger partial charge in [-0.15, -0.1) is 0 Å². The summed E-state index contributed by atoms with van der Waals surface area (Å²) in [4.78, 5) is 30.6. The molecule has 182 valence electrons. The van der Waals surface area contributed by atoms with Crippen LogP contribution < -0.4 is 4.74 Å². The molecule has 2 saturated heterocycles. The van der Waals surface area contributed by atoms with Crippen molar-refractivity contribution in [3.05, 3.63) is 46.6 Å². The van der Waals surface area contributed by atoms with E-state index in [0.29, 0.717) is 38.0 Å². The second-order valence-corrected chi connectivity index (χ2v) is 11.6. The average Bonchev–Trinajstić information content (AvgIpc) is 3.69. The molecule has 1 aromatic carbocycles. The fourth-order valence-electron chi connectivity index (χ4n) is 6.13. The molecule has 3 heterocycles. The Labute approximate surface area is 214 Å². The largest absolute Gasteiger partial charge is 0.496 e. The van der Waals surface area contributed by atoms with Crippen molar-refractivity contribution in [1.29, 1.82) is 0 Å². The predicted molar refractivity (Wildman–Crippen MR) is 140 cm³/mol. The van der Waals surface area contributed by atoms with Gasteiger partial charge in [0.25, 0.3) is 11.8 Å². The van der Waals surface area contributed by atoms with E-state index in [9.17, 15) is 9.59 Å². The maximum absolute atomic E-state index is 13.2. The van der Waals surface area contributed by atoms with Crippen LogP contribution in [0, 0.1) is 11.8 Å². The average molecular weight is 509 g/mol. The topological polar surface area (TPSA) is 63.0 Å². The van der Waals surface area contributed by atoms with E-state index in [2.05, 4.69) is 0 Å². The molecule has 1 aromatic heterocycles. The summed E-state index contributed by atoms with van der Waals surface area (Å²) in [7, 11) is 1.58. The number of likely N-dealkylation sites (tertiary alicyclic amines) is 1. The Morgan fingerprint density at radius 3 is 2.71 bits per heavy atom. The number of methoxy groups -OCH3 is 1. The molecule has 0 N–H and O–H groups in total. The van der Waals surface area contributed by atoms with Gasteiger partial charge < -0.3 is 14.1 Å². The number of hydrogen-bond donors (Lipinski definition) is 0. The highest BCUT2D eigenvalue weighted by Crippen LogP contribution is 2.49. The minimum absolute atomic E-state index is 0.00144. The summed E-state index contributed by atoms with van der Waals surface area (Å²) >= 11 is 6.96. The van der Waals surface area contributed by atoms with Gasteiger partial charge in [0.1, 0.15) is 21.6 Å². The molecule has 0 radical (unpaired) electrons. The highest BCUT2D eigenvalue weighted by molar-refractivity contribution is 8.26. The van der Waals surface area contributed by atoms with Crippen molar-refractivity contribution < 1.29 is 18.7 Å². The van der Waals surface area contributed by atoms with E-state index in [0.717, 1.165) is 43.8 Å². The molecule has 2 saturated carbocycles. The molecule has 6 rings (SSSR count). The molecular formula is C27H28N2O4S2. The van der Waals surface area contributed by atoms with Crippen molar-refractivity contribution in [3.8, 4) is 17.1 Å². The van der Waals surface area contributed by atoms with E-state index in [1.165, 1.54) is 31.0 Å². The van der Waals surface area contributed by atoms with E-state index in [-0.39, 0.29) is 17.9 Å². The van der Waals surface area contributed by atoms with Crippen LogP contribution in [0.4, 0.5) is 0 Å². The van der Waals surface area contributed by atoms with Crippen LogP contribution in [-0.4, -0.2) is 52.2 Å². The number of carbonyl (C=O) groups is 2. The van der Waals surface area contributed by atoms with Gasteiger partial charge >= 0.3 is 0 Å². The smallest absolute Gasteiger partial charge is 0.266 e. The second-order valence-electron chi connectivity index (χ2n) is 9.91. The van der Waals surface area contributed by atoms with E-state index in [1.54, 1.807) is 19.3 Å². The molecule has 0 spiro atoms. The van der Waals surface area contributed by atoms with E-state index >= 15 is 0 Å². The van der Waals surface area contributed by atoms with Crippen molar-refractivity contribution >= 4 is 46.2 Å². The lowest BCUT2D eigenvalue weighted by Crippen LogP contribution is -2.41. The molecule has 2 aliphatic heterocycles. The Kier molecular flexibility index (Phi) is 5.96. The number of ether oxygens (including phenoxy) is 1. The van der Waals surface area contributed by atoms with E-state index in [1.807, 2.05) is 34.1 Å². The third kappa shape index (κ3) is 4.10. The van der Waals surface area contributed by atoms with Crippen molar-refractivity contribution in [3.63, 3.8) is 0 Å². The molecule has 4 aliphatic rings. The van der Waals surface area contributed by atoms with E-state index in [4.69, 9.17) is 21.4 Å². The number of carbonyl (C=O) groups excluding carboxylic acids is 2. The maximum Gasteiger partial charge on any atom is 0.266 e. The first-order valence-corrected chi connectivity index (χ1v) is 13.6. The summed E-state index contributed by atoms with van der Waals surface area (Å²) in [6.45, 7) is 1.55. The van der Waals surface area contributed by atoms with Crippen molar-refractivity contribution in [2.24, 2.45) is 11.8 Å². The van der Waals surface area contributed by atoms with Gasteiger partial charge in [0.15, 0.2) is 0 Å². The van der Waals surface area contributed by atoms with Gasteiger partial charge in [0.05, 0.1) is 17.6 Å². The molecule has 8 heteroatoms. The minimum Gasteiger partial charge on any atom is -0.496 e. The van der Waals surface area contributed by atoms with Crippen LogP contribution in [-0.2, 0) is 4.79 Å². The van der Waals surface area contributed by atoms with Crippen LogP contribution in [0.25, 0.3) is 17.4 Å². The summed E-state index contributed by atoms with van der Waals surface area (Å²) in [6.07, 6.45) is 8.65. The highest BCUT2D eigenvalue weighted by Gasteiger charge is 2.48. The maximum atomic E-state index is 13.2. The quantitative estimate of drug-likeness (QED) is 0.388. The summed E-state index contributed by atoms with van der Waals surface area (Å²) in [6, 6.07) is 9.50. The molecule has 35 heavy (non-hydrogen) atoms. The normalized spacial score (nSPS) is 27.0. The summed E-state index contributed by atoms with van der Waals surface area (Å²) < 4.78 is 12.2. The fraction of sp³-hybridized carbons (Fsp3) is 0.444. The molecule has 3 unspecified atom stereocenters. The molecule has 2 bridgehead atoms. The number of thioether (sulfide) groups is 1. The fourth-order valence-corrected chi connectivity index (χ4v) is 7.48. The summed E-state index contributed by atoms with van der Waals surface area (Å²) in [5.41, 5.74) is 1.33. The Morgan fingerprint density at radius 1 is 1.17 bits per heavy atom. The third-order valence-electron chi connectivity index (χ3n) is 7.86. The third-order valence-corrected chi connectivity index (χ3v) is 9.19. The standard InChI is InChI=1S/C27H28N2O4S2/c1-32-23-8-6-18(14-20(23)25(30)28-10-2-3-11-28)22-9-7-19(33-22)15-24-26(31)29(27(34)35-24)21-13-16-4-5-17(21)12-16/h6-9,14-17,21H,2-5,10-13H2,1H3/b24-15-. The zero-order chi connectivity index (χ0) is 24.1. The number of benzene rings is 1. The number of nitrogens with zero attached hydrogens (tertiary/aromatic N) is 2. The number of hydrogen-bond acceptors (Lipinski definition) is 6. The van der Waals surface area contributed by atoms with Gasteiger partial charge in [0, 0.05) is 30.8 Å².